The van der Waals surface area contributed by atoms with Gasteiger partial charge in [-0.1, -0.05) is 0 Å². The first kappa shape index (κ1) is 13.8. The lowest BCUT2D eigenvalue weighted by Gasteiger charge is -2.35. The van der Waals surface area contributed by atoms with E-state index < -0.39 is 0 Å². The fourth-order valence-corrected chi connectivity index (χ4v) is 2.64. The van der Waals surface area contributed by atoms with Crippen LogP contribution in [0.25, 0.3) is 0 Å². The van der Waals surface area contributed by atoms with Crippen LogP contribution in [0.2, 0.25) is 0 Å². The number of esters is 1. The third kappa shape index (κ3) is 4.23. The van der Waals surface area contributed by atoms with E-state index in [1.165, 1.54) is 20.1 Å². The smallest absolute Gasteiger partial charge is 0.306 e. The summed E-state index contributed by atoms with van der Waals surface area (Å²) in [5.74, 6) is 0.618. The van der Waals surface area contributed by atoms with Gasteiger partial charge >= 0.3 is 5.97 Å². The van der Waals surface area contributed by atoms with Gasteiger partial charge in [0.15, 0.2) is 0 Å². The zero-order valence-electron chi connectivity index (χ0n) is 11.3. The molecule has 0 radical (unpaired) electrons. The first-order valence-electron chi connectivity index (χ1n) is 6.87. The van der Waals surface area contributed by atoms with Gasteiger partial charge in [-0.05, 0) is 12.3 Å². The van der Waals surface area contributed by atoms with Crippen LogP contribution in [-0.2, 0) is 14.3 Å². The summed E-state index contributed by atoms with van der Waals surface area (Å²) >= 11 is 0. The van der Waals surface area contributed by atoms with Gasteiger partial charge < -0.3 is 19.3 Å². The molecule has 0 bridgehead atoms. The van der Waals surface area contributed by atoms with Crippen molar-refractivity contribution in [3.63, 3.8) is 0 Å². The molecule has 2 saturated heterocycles. The molecule has 2 aliphatic heterocycles. The molecule has 0 aromatic carbocycles. The first-order chi connectivity index (χ1) is 8.78. The van der Waals surface area contributed by atoms with Crippen molar-refractivity contribution < 1.29 is 14.3 Å². The van der Waals surface area contributed by atoms with Gasteiger partial charge in [-0.3, -0.25) is 4.79 Å². The molecule has 0 aliphatic carbocycles. The average molecular weight is 256 g/mol. The number of carbonyl (C=O) groups excluding carboxylic acids is 1. The van der Waals surface area contributed by atoms with E-state index in [1.54, 1.807) is 0 Å². The van der Waals surface area contributed by atoms with Gasteiger partial charge in [0.1, 0.15) is 0 Å². The van der Waals surface area contributed by atoms with E-state index in [0.29, 0.717) is 6.42 Å². The van der Waals surface area contributed by atoms with Gasteiger partial charge in [0.05, 0.1) is 20.1 Å². The largest absolute Gasteiger partial charge is 0.469 e. The van der Waals surface area contributed by atoms with Gasteiger partial charge in [0, 0.05) is 45.9 Å². The number of piperazine rings is 1. The predicted octanol–water partition coefficient (Wildman–Crippen LogP) is 0.204. The molecule has 2 heterocycles. The number of carbonyl (C=O) groups is 1. The van der Waals surface area contributed by atoms with Gasteiger partial charge in [-0.15, -0.1) is 0 Å². The molecule has 2 rings (SSSR count). The maximum absolute atomic E-state index is 11.1. The fourth-order valence-electron chi connectivity index (χ4n) is 2.64. The Hall–Kier alpha value is -0.650. The molecule has 0 saturated carbocycles. The van der Waals surface area contributed by atoms with Crippen molar-refractivity contribution in [2.24, 2.45) is 5.92 Å². The Morgan fingerprint density at radius 3 is 2.61 bits per heavy atom. The van der Waals surface area contributed by atoms with Crippen LogP contribution in [0.5, 0.6) is 0 Å². The summed E-state index contributed by atoms with van der Waals surface area (Å²) in [6, 6.07) is 0. The normalized spacial score (nSPS) is 26.4. The quantitative estimate of drug-likeness (QED) is 0.658. The van der Waals surface area contributed by atoms with E-state index in [1.807, 2.05) is 0 Å². The molecule has 0 spiro atoms. The van der Waals surface area contributed by atoms with Crippen LogP contribution >= 0.6 is 0 Å². The lowest BCUT2D eigenvalue weighted by atomic mass is 10.1. The highest BCUT2D eigenvalue weighted by molar-refractivity contribution is 5.69. The van der Waals surface area contributed by atoms with Gasteiger partial charge in [-0.25, -0.2) is 0 Å². The van der Waals surface area contributed by atoms with E-state index in [2.05, 4.69) is 14.5 Å². The number of methoxy groups -OCH3 is 1. The van der Waals surface area contributed by atoms with Crippen molar-refractivity contribution in [1.82, 2.24) is 9.80 Å². The molecule has 5 nitrogen and oxygen atoms in total. The van der Waals surface area contributed by atoms with Crippen LogP contribution in [0.15, 0.2) is 0 Å². The van der Waals surface area contributed by atoms with Crippen molar-refractivity contribution >= 4 is 5.97 Å². The zero-order valence-corrected chi connectivity index (χ0v) is 11.3. The lowest BCUT2D eigenvalue weighted by Crippen LogP contribution is -2.48. The Labute approximate surface area is 109 Å². The SMILES string of the molecule is COC(=O)CCN1CCN(CC2CCOC2)CC1. The molecule has 2 fully saturated rings. The Balaban J connectivity index is 1.60. The molecule has 5 heteroatoms. The Bertz CT molecular complexity index is 259. The van der Waals surface area contributed by atoms with Gasteiger partial charge in [-0.2, -0.15) is 0 Å². The van der Waals surface area contributed by atoms with E-state index in [0.717, 1.165) is 51.9 Å². The number of nitrogens with zero attached hydrogens (tertiary/aromatic N) is 2. The molecule has 0 amide bonds. The minimum absolute atomic E-state index is 0.111. The maximum Gasteiger partial charge on any atom is 0.306 e. The summed E-state index contributed by atoms with van der Waals surface area (Å²) in [5, 5.41) is 0. The Morgan fingerprint density at radius 2 is 2.00 bits per heavy atom. The summed E-state index contributed by atoms with van der Waals surface area (Å²) < 4.78 is 10.1. The van der Waals surface area contributed by atoms with Crippen LogP contribution in [0, 0.1) is 5.92 Å². The molecular formula is C13H24N2O3. The van der Waals surface area contributed by atoms with Crippen LogP contribution in [0.4, 0.5) is 0 Å². The van der Waals surface area contributed by atoms with Crippen LogP contribution in [-0.4, -0.2) is 75.4 Å². The van der Waals surface area contributed by atoms with Crippen molar-refractivity contribution in [3.05, 3.63) is 0 Å². The lowest BCUT2D eigenvalue weighted by molar-refractivity contribution is -0.141. The topological polar surface area (TPSA) is 42.0 Å². The second kappa shape index (κ2) is 7.07. The van der Waals surface area contributed by atoms with Crippen molar-refractivity contribution in [2.75, 3.05) is 59.6 Å². The van der Waals surface area contributed by atoms with Crippen molar-refractivity contribution in [1.29, 1.82) is 0 Å². The van der Waals surface area contributed by atoms with Gasteiger partial charge in [0.25, 0.3) is 0 Å². The van der Waals surface area contributed by atoms with E-state index in [9.17, 15) is 4.79 Å². The van der Waals surface area contributed by atoms with Crippen LogP contribution in [0.1, 0.15) is 12.8 Å². The summed E-state index contributed by atoms with van der Waals surface area (Å²) in [5.41, 5.74) is 0. The molecule has 0 N–H and O–H groups in total. The Kier molecular flexibility index (Phi) is 5.41. The van der Waals surface area contributed by atoms with E-state index >= 15 is 0 Å². The molecule has 104 valence electrons. The highest BCUT2D eigenvalue weighted by atomic mass is 16.5. The van der Waals surface area contributed by atoms with Crippen LogP contribution < -0.4 is 0 Å². The number of rotatable bonds is 5. The molecule has 2 aliphatic rings. The fraction of sp³-hybridized carbons (Fsp3) is 0.923. The predicted molar refractivity (Wildman–Crippen MR) is 68.4 cm³/mol. The molecule has 0 aromatic rings. The van der Waals surface area contributed by atoms with Gasteiger partial charge in [0.2, 0.25) is 0 Å². The summed E-state index contributed by atoms with van der Waals surface area (Å²) in [4.78, 5) is 15.9. The average Bonchev–Trinajstić information content (AvgIpc) is 2.90. The van der Waals surface area contributed by atoms with Crippen molar-refractivity contribution in [3.8, 4) is 0 Å². The number of hydrogen-bond donors (Lipinski definition) is 0. The highest BCUT2D eigenvalue weighted by Crippen LogP contribution is 2.15. The molecular weight excluding hydrogens is 232 g/mol. The van der Waals surface area contributed by atoms with Crippen LogP contribution in [0.3, 0.4) is 0 Å². The Morgan fingerprint density at radius 1 is 1.28 bits per heavy atom. The second-order valence-electron chi connectivity index (χ2n) is 5.20. The molecule has 0 aromatic heterocycles. The maximum atomic E-state index is 11.1. The van der Waals surface area contributed by atoms with E-state index in [4.69, 9.17) is 4.74 Å². The molecule has 18 heavy (non-hydrogen) atoms. The first-order valence-corrected chi connectivity index (χ1v) is 6.87. The minimum Gasteiger partial charge on any atom is -0.469 e. The number of ether oxygens (including phenoxy) is 2. The number of hydrogen-bond acceptors (Lipinski definition) is 5. The van der Waals surface area contributed by atoms with E-state index in [-0.39, 0.29) is 5.97 Å². The minimum atomic E-state index is -0.111. The molecule has 1 unspecified atom stereocenters. The summed E-state index contributed by atoms with van der Waals surface area (Å²) in [6.45, 7) is 8.20. The van der Waals surface area contributed by atoms with Crippen molar-refractivity contribution in [2.45, 2.75) is 12.8 Å². The molecule has 1 atom stereocenters. The summed E-state index contributed by atoms with van der Waals surface area (Å²) in [6.07, 6.45) is 1.72. The zero-order chi connectivity index (χ0) is 12.8. The summed E-state index contributed by atoms with van der Waals surface area (Å²) in [7, 11) is 1.45. The standard InChI is InChI=1S/C13H24N2O3/c1-17-13(16)2-4-14-5-7-15(8-6-14)10-12-3-9-18-11-12/h12H,2-11H2,1H3. The second-order valence-corrected chi connectivity index (χ2v) is 5.20. The monoisotopic (exact) mass is 256 g/mol. The third-order valence-corrected chi connectivity index (χ3v) is 3.87. The third-order valence-electron chi connectivity index (χ3n) is 3.87. The highest BCUT2D eigenvalue weighted by Gasteiger charge is 2.22.